The largest absolute Gasteiger partial charge is 0.466 e. The van der Waals surface area contributed by atoms with Gasteiger partial charge in [0.1, 0.15) is 0 Å². The Labute approximate surface area is 122 Å². The number of hydrogen-bond acceptors (Lipinski definition) is 4. The molecule has 0 radical (unpaired) electrons. The first-order valence-corrected chi connectivity index (χ1v) is 8.69. The minimum atomic E-state index is -3.43. The monoisotopic (exact) mass is 306 g/mol. The molecule has 0 spiro atoms. The van der Waals surface area contributed by atoms with E-state index in [-0.39, 0.29) is 18.9 Å². The molecular formula is C13H26N2O4S. The third kappa shape index (κ3) is 5.76. The Morgan fingerprint density at radius 1 is 1.30 bits per heavy atom. The lowest BCUT2D eigenvalue weighted by molar-refractivity contribution is -0.143. The summed E-state index contributed by atoms with van der Waals surface area (Å²) in [6.45, 7) is 7.64. The van der Waals surface area contributed by atoms with Gasteiger partial charge in [0.25, 0.3) is 10.2 Å². The Morgan fingerprint density at radius 3 is 2.45 bits per heavy atom. The van der Waals surface area contributed by atoms with E-state index in [1.54, 1.807) is 6.92 Å². The van der Waals surface area contributed by atoms with Gasteiger partial charge < -0.3 is 4.74 Å². The SMILES string of the molecule is CCOC(=O)CCCNS(=O)(=O)N1CC(C)CC(C)C1. The number of carbonyl (C=O) groups excluding carboxylic acids is 1. The van der Waals surface area contributed by atoms with Crippen LogP contribution >= 0.6 is 0 Å². The molecule has 0 aliphatic carbocycles. The minimum absolute atomic E-state index is 0.239. The molecule has 0 aromatic carbocycles. The predicted octanol–water partition coefficient (Wildman–Crippen LogP) is 1.14. The van der Waals surface area contributed by atoms with Gasteiger partial charge in [0.2, 0.25) is 0 Å². The van der Waals surface area contributed by atoms with Crippen LogP contribution in [0, 0.1) is 11.8 Å². The fourth-order valence-electron chi connectivity index (χ4n) is 2.56. The number of esters is 1. The Kier molecular flexibility index (Phi) is 6.91. The van der Waals surface area contributed by atoms with Gasteiger partial charge in [-0.2, -0.15) is 12.7 Å². The number of carbonyl (C=O) groups is 1. The zero-order valence-corrected chi connectivity index (χ0v) is 13.4. The molecule has 1 aliphatic heterocycles. The van der Waals surface area contributed by atoms with Crippen molar-refractivity contribution in [1.82, 2.24) is 9.03 Å². The molecular weight excluding hydrogens is 280 g/mol. The maximum atomic E-state index is 12.1. The van der Waals surface area contributed by atoms with E-state index in [0.717, 1.165) is 6.42 Å². The first-order chi connectivity index (χ1) is 9.35. The van der Waals surface area contributed by atoms with Crippen molar-refractivity contribution in [2.75, 3.05) is 26.2 Å². The third-order valence-electron chi connectivity index (χ3n) is 3.32. The highest BCUT2D eigenvalue weighted by Gasteiger charge is 2.29. The van der Waals surface area contributed by atoms with Crippen LogP contribution in [0.5, 0.6) is 0 Å². The quantitative estimate of drug-likeness (QED) is 0.565. The lowest BCUT2D eigenvalue weighted by Gasteiger charge is -2.33. The molecule has 118 valence electrons. The van der Waals surface area contributed by atoms with Crippen molar-refractivity contribution in [2.45, 2.75) is 40.0 Å². The molecule has 1 fully saturated rings. The zero-order valence-electron chi connectivity index (χ0n) is 12.6. The highest BCUT2D eigenvalue weighted by molar-refractivity contribution is 7.87. The van der Waals surface area contributed by atoms with Crippen LogP contribution in [0.3, 0.4) is 0 Å². The maximum Gasteiger partial charge on any atom is 0.305 e. The van der Waals surface area contributed by atoms with Crippen LogP contribution < -0.4 is 4.72 Å². The summed E-state index contributed by atoms with van der Waals surface area (Å²) in [6, 6.07) is 0. The summed E-state index contributed by atoms with van der Waals surface area (Å²) in [4.78, 5) is 11.1. The molecule has 0 saturated carbocycles. The fourth-order valence-corrected chi connectivity index (χ4v) is 4.05. The second-order valence-corrected chi connectivity index (χ2v) is 7.33. The molecule has 2 atom stereocenters. The molecule has 1 saturated heterocycles. The van der Waals surface area contributed by atoms with E-state index >= 15 is 0 Å². The Hall–Kier alpha value is -0.660. The summed E-state index contributed by atoms with van der Waals surface area (Å²) in [5.74, 6) is 0.483. The summed E-state index contributed by atoms with van der Waals surface area (Å²) in [6.07, 6.45) is 1.76. The van der Waals surface area contributed by atoms with Crippen molar-refractivity contribution in [3.63, 3.8) is 0 Å². The van der Waals surface area contributed by atoms with E-state index < -0.39 is 10.2 Å². The van der Waals surface area contributed by atoms with Gasteiger partial charge in [-0.15, -0.1) is 0 Å². The van der Waals surface area contributed by atoms with Crippen LogP contribution in [0.15, 0.2) is 0 Å². The normalized spacial score (nSPS) is 24.6. The van der Waals surface area contributed by atoms with Gasteiger partial charge in [-0.3, -0.25) is 4.79 Å². The van der Waals surface area contributed by atoms with E-state index in [0.29, 0.717) is 38.0 Å². The summed E-state index contributed by atoms with van der Waals surface area (Å²) >= 11 is 0. The number of hydrogen-bond donors (Lipinski definition) is 1. The molecule has 1 rings (SSSR count). The molecule has 0 aromatic heterocycles. The Balaban J connectivity index is 2.36. The van der Waals surface area contributed by atoms with Gasteiger partial charge in [-0.05, 0) is 31.6 Å². The standard InChI is InChI=1S/C13H26N2O4S/c1-4-19-13(16)6-5-7-14-20(17,18)15-9-11(2)8-12(3)10-15/h11-12,14H,4-10H2,1-3H3. The maximum absolute atomic E-state index is 12.1. The first kappa shape index (κ1) is 17.4. The van der Waals surface area contributed by atoms with Gasteiger partial charge in [-0.1, -0.05) is 13.8 Å². The van der Waals surface area contributed by atoms with Crippen molar-refractivity contribution in [3.05, 3.63) is 0 Å². The van der Waals surface area contributed by atoms with E-state index in [9.17, 15) is 13.2 Å². The van der Waals surface area contributed by atoms with Crippen molar-refractivity contribution in [3.8, 4) is 0 Å². The van der Waals surface area contributed by atoms with Gasteiger partial charge in [-0.25, -0.2) is 4.72 Å². The van der Waals surface area contributed by atoms with E-state index in [4.69, 9.17) is 4.74 Å². The number of ether oxygens (including phenoxy) is 1. The highest BCUT2D eigenvalue weighted by atomic mass is 32.2. The Morgan fingerprint density at radius 2 is 1.90 bits per heavy atom. The first-order valence-electron chi connectivity index (χ1n) is 7.25. The van der Waals surface area contributed by atoms with Gasteiger partial charge in [0.15, 0.2) is 0 Å². The zero-order chi connectivity index (χ0) is 15.2. The van der Waals surface area contributed by atoms with Crippen LogP contribution in [0.25, 0.3) is 0 Å². The molecule has 6 nitrogen and oxygen atoms in total. The van der Waals surface area contributed by atoms with E-state index in [1.807, 2.05) is 0 Å². The van der Waals surface area contributed by atoms with Crippen molar-refractivity contribution >= 4 is 16.2 Å². The minimum Gasteiger partial charge on any atom is -0.466 e. The number of rotatable bonds is 7. The summed E-state index contributed by atoms with van der Waals surface area (Å²) < 4.78 is 33.2. The number of nitrogens with one attached hydrogen (secondary N) is 1. The van der Waals surface area contributed by atoms with Crippen LogP contribution in [0.1, 0.15) is 40.0 Å². The van der Waals surface area contributed by atoms with Crippen LogP contribution in [-0.2, 0) is 19.7 Å². The van der Waals surface area contributed by atoms with Gasteiger partial charge in [0, 0.05) is 26.1 Å². The van der Waals surface area contributed by atoms with Crippen LogP contribution in [0.4, 0.5) is 0 Å². The molecule has 1 heterocycles. The molecule has 0 amide bonds. The lowest BCUT2D eigenvalue weighted by Crippen LogP contribution is -2.48. The van der Waals surface area contributed by atoms with E-state index in [2.05, 4.69) is 18.6 Å². The topological polar surface area (TPSA) is 75.7 Å². The molecule has 0 aromatic rings. The molecule has 20 heavy (non-hydrogen) atoms. The summed E-state index contributed by atoms with van der Waals surface area (Å²) in [5, 5.41) is 0. The van der Waals surface area contributed by atoms with Crippen LogP contribution in [0.2, 0.25) is 0 Å². The Bertz CT molecular complexity index is 401. The third-order valence-corrected chi connectivity index (χ3v) is 4.87. The number of piperidine rings is 1. The second-order valence-electron chi connectivity index (χ2n) is 5.57. The molecule has 1 N–H and O–H groups in total. The average Bonchev–Trinajstić information content (AvgIpc) is 2.34. The average molecular weight is 306 g/mol. The van der Waals surface area contributed by atoms with Crippen molar-refractivity contribution in [1.29, 1.82) is 0 Å². The summed E-state index contributed by atoms with van der Waals surface area (Å²) in [7, 11) is -3.43. The van der Waals surface area contributed by atoms with Gasteiger partial charge >= 0.3 is 5.97 Å². The van der Waals surface area contributed by atoms with Gasteiger partial charge in [0.05, 0.1) is 6.61 Å². The molecule has 2 unspecified atom stereocenters. The smallest absolute Gasteiger partial charge is 0.305 e. The summed E-state index contributed by atoms with van der Waals surface area (Å²) in [5.41, 5.74) is 0. The highest BCUT2D eigenvalue weighted by Crippen LogP contribution is 2.22. The fraction of sp³-hybridized carbons (Fsp3) is 0.923. The van der Waals surface area contributed by atoms with Crippen molar-refractivity contribution in [2.24, 2.45) is 11.8 Å². The number of nitrogens with zero attached hydrogens (tertiary/aromatic N) is 1. The molecule has 7 heteroatoms. The second kappa shape index (κ2) is 7.95. The van der Waals surface area contributed by atoms with Crippen molar-refractivity contribution < 1.29 is 17.9 Å². The molecule has 1 aliphatic rings. The lowest BCUT2D eigenvalue weighted by atomic mass is 9.94. The van der Waals surface area contributed by atoms with Crippen LogP contribution in [-0.4, -0.2) is 44.9 Å². The van der Waals surface area contributed by atoms with E-state index in [1.165, 1.54) is 4.31 Å². The molecule has 0 bridgehead atoms. The predicted molar refractivity (Wildman–Crippen MR) is 77.3 cm³/mol.